The Bertz CT molecular complexity index is 1200. The highest BCUT2D eigenvalue weighted by Crippen LogP contribution is 2.48. The normalized spacial score (nSPS) is 20.1. The van der Waals surface area contributed by atoms with E-state index in [0.29, 0.717) is 6.54 Å². The summed E-state index contributed by atoms with van der Waals surface area (Å²) in [5.74, 6) is 3.07. The number of ether oxygens (including phenoxy) is 1. The second-order valence-corrected chi connectivity index (χ2v) is 13.4. The average molecular weight is 561 g/mol. The minimum atomic E-state index is -0.183. The molecule has 2 aliphatic heterocycles. The second-order valence-electron chi connectivity index (χ2n) is 10.6. The van der Waals surface area contributed by atoms with Gasteiger partial charge in [-0.25, -0.2) is 4.98 Å². The maximum atomic E-state index is 12.1. The summed E-state index contributed by atoms with van der Waals surface area (Å²) in [7, 11) is 0. The fraction of sp³-hybridized carbons (Fsp3) is 0.500. The number of hydrogen-bond acceptors (Lipinski definition) is 7. The number of halogens is 1. The van der Waals surface area contributed by atoms with E-state index in [1.54, 1.807) is 30.0 Å². The van der Waals surface area contributed by atoms with Gasteiger partial charge in [-0.05, 0) is 77.0 Å². The van der Waals surface area contributed by atoms with Crippen LogP contribution in [0.3, 0.4) is 0 Å². The molecule has 0 unspecified atom stereocenters. The number of fused-ring (bicyclic) bond motifs is 2. The van der Waals surface area contributed by atoms with Gasteiger partial charge in [0.05, 0.1) is 16.2 Å². The molecule has 9 heteroatoms. The largest absolute Gasteiger partial charge is 0.493 e. The van der Waals surface area contributed by atoms with Crippen LogP contribution in [-0.2, 0) is 14.9 Å². The number of likely N-dealkylation sites (tertiary alicyclic amines) is 1. The molecule has 1 N–H and O–H groups in total. The lowest BCUT2D eigenvalue weighted by Crippen LogP contribution is -2.38. The summed E-state index contributed by atoms with van der Waals surface area (Å²) in [4.78, 5) is 21.0. The van der Waals surface area contributed by atoms with Gasteiger partial charge < -0.3 is 19.9 Å². The zero-order chi connectivity index (χ0) is 26.8. The topological polar surface area (TPSA) is 57.7 Å². The molecule has 0 saturated carbocycles. The van der Waals surface area contributed by atoms with E-state index in [1.807, 2.05) is 31.0 Å². The van der Waals surface area contributed by atoms with Gasteiger partial charge in [0.2, 0.25) is 5.91 Å². The van der Waals surface area contributed by atoms with Crippen molar-refractivity contribution in [2.75, 3.05) is 35.6 Å². The summed E-state index contributed by atoms with van der Waals surface area (Å²) in [6.07, 6.45) is 7.89. The number of hydrogen-bond donors (Lipinski definition) is 1. The minimum absolute atomic E-state index is 0.120. The van der Waals surface area contributed by atoms with E-state index in [4.69, 9.17) is 16.3 Å². The maximum absolute atomic E-state index is 12.1. The molecule has 1 aromatic carbocycles. The molecule has 37 heavy (non-hydrogen) atoms. The number of benzene rings is 1. The molecule has 200 valence electrons. The smallest absolute Gasteiger partial charge is 0.219 e. The summed E-state index contributed by atoms with van der Waals surface area (Å²) in [5, 5.41) is 5.15. The summed E-state index contributed by atoms with van der Waals surface area (Å²) in [6, 6.07) is 6.11. The van der Waals surface area contributed by atoms with Crippen molar-refractivity contribution in [2.45, 2.75) is 69.6 Å². The number of anilines is 2. The maximum Gasteiger partial charge on any atom is 0.219 e. The average Bonchev–Trinajstić information content (AvgIpc) is 3.55. The van der Waals surface area contributed by atoms with E-state index in [2.05, 4.69) is 60.3 Å². The number of thioether (sulfide) groups is 1. The molecule has 1 fully saturated rings. The van der Waals surface area contributed by atoms with E-state index in [0.717, 1.165) is 59.1 Å². The molecule has 0 radical (unpaired) electrons. The molecule has 3 heterocycles. The first-order chi connectivity index (χ1) is 17.5. The van der Waals surface area contributed by atoms with Crippen LogP contribution in [0.5, 0.6) is 0 Å². The second kappa shape index (κ2) is 11.3. The van der Waals surface area contributed by atoms with Crippen LogP contribution in [0.25, 0.3) is 0 Å². The summed E-state index contributed by atoms with van der Waals surface area (Å²) in [6.45, 7) is 14.2. The van der Waals surface area contributed by atoms with Crippen molar-refractivity contribution in [1.82, 2.24) is 9.88 Å². The lowest BCUT2D eigenvalue weighted by molar-refractivity contribution is -0.127. The lowest BCUT2D eigenvalue weighted by Gasteiger charge is -2.27. The van der Waals surface area contributed by atoms with E-state index < -0.39 is 0 Å². The Morgan fingerprint density at radius 2 is 2.08 bits per heavy atom. The Kier molecular flexibility index (Phi) is 8.51. The van der Waals surface area contributed by atoms with E-state index in [1.165, 1.54) is 9.77 Å². The molecule has 1 aromatic heterocycles. The van der Waals surface area contributed by atoms with Crippen LogP contribution in [0.15, 0.2) is 52.3 Å². The predicted octanol–water partition coefficient (Wildman–Crippen LogP) is 7.28. The first-order valence-corrected chi connectivity index (χ1v) is 14.9. The van der Waals surface area contributed by atoms with Gasteiger partial charge in [-0.1, -0.05) is 22.9 Å². The third kappa shape index (κ3) is 6.47. The SMILES string of the molecule is CC=C(CCSc1cnc(NC(=CC)N2C[C@]3(CCN(C(C)=O)C3)c3cc(Cl)ccc32)s1)OC(C)(C)C. The Morgan fingerprint density at radius 3 is 2.73 bits per heavy atom. The van der Waals surface area contributed by atoms with Crippen molar-refractivity contribution < 1.29 is 9.53 Å². The molecule has 1 amide bonds. The van der Waals surface area contributed by atoms with Gasteiger partial charge in [0.15, 0.2) is 5.13 Å². The summed E-state index contributed by atoms with van der Waals surface area (Å²) in [5.41, 5.74) is 2.06. The Labute approximate surface area is 234 Å². The standard InChI is InChI=1S/C28H37ClN4O2S2/c1-7-21(35-27(4,5)6)11-14-36-25-16-30-26(37-25)31-24(8-2)33-18-28(12-13-32(17-28)19(3)34)22-15-20(29)9-10-23(22)33/h7-10,15-16H,11-14,17-18H2,1-6H3,(H,30,31)/t28-/m1/s1. The highest BCUT2D eigenvalue weighted by Gasteiger charge is 2.48. The molecule has 2 aromatic rings. The van der Waals surface area contributed by atoms with Gasteiger partial charge in [-0.3, -0.25) is 4.79 Å². The number of amides is 1. The highest BCUT2D eigenvalue weighted by molar-refractivity contribution is 8.01. The third-order valence-electron chi connectivity index (χ3n) is 6.72. The number of rotatable bonds is 8. The molecule has 4 rings (SSSR count). The van der Waals surface area contributed by atoms with Crippen molar-refractivity contribution in [2.24, 2.45) is 0 Å². The summed E-state index contributed by atoms with van der Waals surface area (Å²) >= 11 is 9.88. The number of carbonyl (C=O) groups excluding carboxylic acids is 1. The number of nitrogens with zero attached hydrogens (tertiary/aromatic N) is 3. The van der Waals surface area contributed by atoms with E-state index in [9.17, 15) is 4.79 Å². The highest BCUT2D eigenvalue weighted by atomic mass is 35.5. The van der Waals surface area contributed by atoms with Gasteiger partial charge in [-0.15, -0.1) is 11.8 Å². The van der Waals surface area contributed by atoms with Crippen LogP contribution < -0.4 is 10.2 Å². The summed E-state index contributed by atoms with van der Waals surface area (Å²) < 4.78 is 7.20. The van der Waals surface area contributed by atoms with Crippen molar-refractivity contribution in [3.05, 3.63) is 58.7 Å². The van der Waals surface area contributed by atoms with Crippen molar-refractivity contribution in [3.8, 4) is 0 Å². The van der Waals surface area contributed by atoms with Crippen molar-refractivity contribution in [1.29, 1.82) is 0 Å². The molecular weight excluding hydrogens is 524 g/mol. The molecule has 6 nitrogen and oxygen atoms in total. The van der Waals surface area contributed by atoms with Gasteiger partial charge >= 0.3 is 0 Å². The van der Waals surface area contributed by atoms with Crippen molar-refractivity contribution in [3.63, 3.8) is 0 Å². The number of aromatic nitrogens is 1. The zero-order valence-electron chi connectivity index (χ0n) is 22.6. The van der Waals surface area contributed by atoms with E-state index in [-0.39, 0.29) is 16.9 Å². The van der Waals surface area contributed by atoms with Crippen LogP contribution in [-0.4, -0.2) is 46.8 Å². The van der Waals surface area contributed by atoms with Crippen molar-refractivity contribution >= 4 is 51.4 Å². The zero-order valence-corrected chi connectivity index (χ0v) is 24.9. The van der Waals surface area contributed by atoms with E-state index >= 15 is 0 Å². The number of allylic oxidation sites excluding steroid dienone is 3. The van der Waals surface area contributed by atoms with Crippen LogP contribution in [0.4, 0.5) is 10.8 Å². The third-order valence-corrected chi connectivity index (χ3v) is 9.06. The monoisotopic (exact) mass is 560 g/mol. The Balaban J connectivity index is 1.44. The molecule has 1 atom stereocenters. The Morgan fingerprint density at radius 1 is 1.30 bits per heavy atom. The fourth-order valence-corrected chi connectivity index (χ4v) is 7.12. The number of carbonyl (C=O) groups is 1. The first-order valence-electron chi connectivity index (χ1n) is 12.7. The van der Waals surface area contributed by atoms with Gasteiger partial charge in [0.25, 0.3) is 0 Å². The fourth-order valence-electron chi connectivity index (χ4n) is 5.04. The van der Waals surface area contributed by atoms with Crippen LogP contribution in [0.1, 0.15) is 59.9 Å². The van der Waals surface area contributed by atoms with Gasteiger partial charge in [-0.2, -0.15) is 0 Å². The predicted molar refractivity (Wildman–Crippen MR) is 157 cm³/mol. The van der Waals surface area contributed by atoms with Crippen LogP contribution >= 0.6 is 34.7 Å². The number of nitrogens with one attached hydrogen (secondary N) is 1. The molecule has 1 spiro atoms. The van der Waals surface area contributed by atoms with Gasteiger partial charge in [0.1, 0.15) is 11.4 Å². The van der Waals surface area contributed by atoms with Crippen LogP contribution in [0.2, 0.25) is 5.02 Å². The Hall–Kier alpha value is -2.16. The molecule has 2 aliphatic rings. The molecule has 0 aliphatic carbocycles. The molecule has 1 saturated heterocycles. The quantitative estimate of drug-likeness (QED) is 0.270. The van der Waals surface area contributed by atoms with Gasteiger partial charge in [0, 0.05) is 54.9 Å². The lowest BCUT2D eigenvalue weighted by atomic mass is 9.81. The van der Waals surface area contributed by atoms with Crippen LogP contribution in [0, 0.1) is 0 Å². The molecular formula is C28H37ClN4O2S2. The molecule has 0 bridgehead atoms. The first kappa shape index (κ1) is 27.9. The minimum Gasteiger partial charge on any atom is -0.493 e. The number of thiazole rings is 1.